The topological polar surface area (TPSA) is 64.7 Å². The molecule has 9 heteroatoms. The van der Waals surface area contributed by atoms with Gasteiger partial charge >= 0.3 is 6.18 Å². The highest BCUT2D eigenvalue weighted by Gasteiger charge is 2.30. The van der Waals surface area contributed by atoms with Crippen LogP contribution in [0, 0.1) is 6.92 Å². The van der Waals surface area contributed by atoms with Crippen LogP contribution in [-0.4, -0.2) is 49.4 Å². The van der Waals surface area contributed by atoms with Gasteiger partial charge in [0.2, 0.25) is 5.91 Å². The molecule has 4 rings (SSSR count). The van der Waals surface area contributed by atoms with Crippen molar-refractivity contribution in [3.63, 3.8) is 0 Å². The fraction of sp³-hybridized carbons (Fsp3) is 0.259. The van der Waals surface area contributed by atoms with Crippen molar-refractivity contribution in [1.29, 1.82) is 0 Å². The molecule has 0 atom stereocenters. The summed E-state index contributed by atoms with van der Waals surface area (Å²) in [6, 6.07) is 19.1. The summed E-state index contributed by atoms with van der Waals surface area (Å²) in [4.78, 5) is 29.6. The van der Waals surface area contributed by atoms with Crippen LogP contribution in [0.25, 0.3) is 0 Å². The van der Waals surface area contributed by atoms with Crippen LogP contribution in [0.3, 0.4) is 0 Å². The molecule has 2 N–H and O–H groups in total. The summed E-state index contributed by atoms with van der Waals surface area (Å²) < 4.78 is 38.8. The largest absolute Gasteiger partial charge is 0.416 e. The maximum atomic E-state index is 12.9. The minimum Gasteiger partial charge on any atom is -0.369 e. The molecule has 3 aromatic carbocycles. The monoisotopic (exact) mass is 496 g/mol. The Kier molecular flexibility index (Phi) is 7.59. The van der Waals surface area contributed by atoms with Crippen LogP contribution in [0.1, 0.15) is 21.5 Å². The van der Waals surface area contributed by atoms with Crippen molar-refractivity contribution < 1.29 is 22.8 Å². The molecule has 1 fully saturated rings. The predicted octanol–water partition coefficient (Wildman–Crippen LogP) is 5.03. The number of nitrogens with zero attached hydrogens (tertiary/aromatic N) is 2. The molecule has 0 aliphatic carbocycles. The van der Waals surface area contributed by atoms with Gasteiger partial charge in [-0.2, -0.15) is 13.2 Å². The second kappa shape index (κ2) is 10.8. The highest BCUT2D eigenvalue weighted by atomic mass is 19.4. The number of anilines is 3. The number of alkyl halides is 3. The summed E-state index contributed by atoms with van der Waals surface area (Å²) in [6.45, 7) is 5.43. The molecule has 6 nitrogen and oxygen atoms in total. The summed E-state index contributed by atoms with van der Waals surface area (Å²) in [5.74, 6) is -0.771. The Bertz CT molecular complexity index is 1240. The van der Waals surface area contributed by atoms with E-state index in [1.165, 1.54) is 35.5 Å². The second-order valence-electron chi connectivity index (χ2n) is 8.76. The smallest absolute Gasteiger partial charge is 0.369 e. The lowest BCUT2D eigenvalue weighted by Gasteiger charge is -2.35. The Labute approximate surface area is 207 Å². The molecule has 0 bridgehead atoms. The molecule has 188 valence electrons. The van der Waals surface area contributed by atoms with E-state index in [-0.39, 0.29) is 23.7 Å². The first-order valence-electron chi connectivity index (χ1n) is 11.6. The third kappa shape index (κ3) is 6.63. The molecule has 0 saturated carbocycles. The van der Waals surface area contributed by atoms with Crippen LogP contribution in [0.2, 0.25) is 0 Å². The average Bonchev–Trinajstić information content (AvgIpc) is 2.84. The SMILES string of the molecule is Cc1cccc(N2CCN(CC(=O)Nc3cccc(C(=O)Nc4cccc(C(F)(F)F)c4)c3)CC2)c1. The van der Waals surface area contributed by atoms with Crippen molar-refractivity contribution in [3.8, 4) is 0 Å². The number of hydrogen-bond acceptors (Lipinski definition) is 4. The van der Waals surface area contributed by atoms with E-state index in [4.69, 9.17) is 0 Å². The number of hydrogen-bond donors (Lipinski definition) is 2. The first kappa shape index (κ1) is 25.2. The van der Waals surface area contributed by atoms with E-state index in [0.29, 0.717) is 5.69 Å². The standard InChI is InChI=1S/C27H27F3N4O2/c1-19-5-2-10-24(15-19)34-13-11-33(12-14-34)18-25(35)31-22-8-3-6-20(16-22)26(36)32-23-9-4-7-21(17-23)27(28,29)30/h2-10,15-17H,11-14,18H2,1H3,(H,31,35)(H,32,36). The zero-order valence-electron chi connectivity index (χ0n) is 19.8. The molecule has 2 amide bonds. The lowest BCUT2D eigenvalue weighted by Crippen LogP contribution is -2.48. The van der Waals surface area contributed by atoms with Gasteiger partial charge in [-0.25, -0.2) is 0 Å². The average molecular weight is 497 g/mol. The van der Waals surface area contributed by atoms with Crippen LogP contribution in [0.4, 0.5) is 30.2 Å². The first-order valence-corrected chi connectivity index (χ1v) is 11.6. The van der Waals surface area contributed by atoms with Crippen LogP contribution < -0.4 is 15.5 Å². The number of rotatable bonds is 6. The molecule has 3 aromatic rings. The van der Waals surface area contributed by atoms with E-state index in [9.17, 15) is 22.8 Å². The highest BCUT2D eigenvalue weighted by molar-refractivity contribution is 6.05. The first-order chi connectivity index (χ1) is 17.2. The van der Waals surface area contributed by atoms with Gasteiger partial charge in [0.1, 0.15) is 0 Å². The van der Waals surface area contributed by atoms with Gasteiger partial charge in [-0.3, -0.25) is 14.5 Å². The van der Waals surface area contributed by atoms with E-state index >= 15 is 0 Å². The zero-order valence-corrected chi connectivity index (χ0v) is 19.8. The predicted molar refractivity (Wildman–Crippen MR) is 134 cm³/mol. The molecule has 0 radical (unpaired) electrons. The Morgan fingerprint density at radius 2 is 1.50 bits per heavy atom. The van der Waals surface area contributed by atoms with Crippen LogP contribution in [-0.2, 0) is 11.0 Å². The fourth-order valence-corrected chi connectivity index (χ4v) is 4.11. The third-order valence-corrected chi connectivity index (χ3v) is 5.96. The van der Waals surface area contributed by atoms with Crippen LogP contribution in [0.5, 0.6) is 0 Å². The summed E-state index contributed by atoms with van der Waals surface area (Å²) in [6.07, 6.45) is -4.50. The minimum absolute atomic E-state index is 0.0362. The fourth-order valence-electron chi connectivity index (χ4n) is 4.11. The molecular formula is C27H27F3N4O2. The molecule has 36 heavy (non-hydrogen) atoms. The summed E-state index contributed by atoms with van der Waals surface area (Å²) >= 11 is 0. The quantitative estimate of drug-likeness (QED) is 0.503. The van der Waals surface area contributed by atoms with Crippen molar-refractivity contribution in [2.24, 2.45) is 0 Å². The molecule has 1 aliphatic rings. The van der Waals surface area contributed by atoms with Gasteiger partial charge < -0.3 is 15.5 Å². The van der Waals surface area contributed by atoms with Crippen molar-refractivity contribution in [3.05, 3.63) is 89.5 Å². The molecule has 1 saturated heterocycles. The van der Waals surface area contributed by atoms with Gasteiger partial charge in [-0.15, -0.1) is 0 Å². The molecule has 0 unspecified atom stereocenters. The number of halogens is 3. The normalized spacial score (nSPS) is 14.4. The third-order valence-electron chi connectivity index (χ3n) is 5.96. The summed E-state index contributed by atoms with van der Waals surface area (Å²) in [5.41, 5.74) is 2.24. The number of piperazine rings is 1. The van der Waals surface area contributed by atoms with Gasteiger partial charge in [-0.05, 0) is 61.0 Å². The molecule has 1 heterocycles. The van der Waals surface area contributed by atoms with Gasteiger partial charge in [0, 0.05) is 48.8 Å². The summed E-state index contributed by atoms with van der Waals surface area (Å²) in [7, 11) is 0. The van der Waals surface area contributed by atoms with E-state index in [2.05, 4.69) is 45.6 Å². The van der Waals surface area contributed by atoms with Gasteiger partial charge in [0.25, 0.3) is 5.91 Å². The Balaban J connectivity index is 1.30. The Morgan fingerprint density at radius 1 is 0.833 bits per heavy atom. The van der Waals surface area contributed by atoms with E-state index in [1.54, 1.807) is 12.1 Å². The van der Waals surface area contributed by atoms with E-state index in [0.717, 1.165) is 38.3 Å². The molecule has 0 aromatic heterocycles. The van der Waals surface area contributed by atoms with Crippen molar-refractivity contribution in [1.82, 2.24) is 4.90 Å². The number of carbonyl (C=O) groups is 2. The maximum Gasteiger partial charge on any atom is 0.416 e. The molecule has 1 aliphatic heterocycles. The number of nitrogens with one attached hydrogen (secondary N) is 2. The van der Waals surface area contributed by atoms with Gasteiger partial charge in [0.05, 0.1) is 12.1 Å². The Morgan fingerprint density at radius 3 is 2.19 bits per heavy atom. The maximum absolute atomic E-state index is 12.9. The van der Waals surface area contributed by atoms with Gasteiger partial charge in [-0.1, -0.05) is 24.3 Å². The van der Waals surface area contributed by atoms with E-state index < -0.39 is 17.6 Å². The van der Waals surface area contributed by atoms with E-state index in [1.807, 2.05) is 6.07 Å². The van der Waals surface area contributed by atoms with Gasteiger partial charge in [0.15, 0.2) is 0 Å². The van der Waals surface area contributed by atoms with Crippen LogP contribution in [0.15, 0.2) is 72.8 Å². The number of aryl methyl sites for hydroxylation is 1. The van der Waals surface area contributed by atoms with Crippen molar-refractivity contribution in [2.45, 2.75) is 13.1 Å². The Hall–Kier alpha value is -3.85. The molecular weight excluding hydrogens is 469 g/mol. The molecule has 0 spiro atoms. The number of benzene rings is 3. The minimum atomic E-state index is -4.50. The van der Waals surface area contributed by atoms with Crippen LogP contribution >= 0.6 is 0 Å². The lowest BCUT2D eigenvalue weighted by atomic mass is 10.1. The summed E-state index contributed by atoms with van der Waals surface area (Å²) in [5, 5.41) is 5.28. The van der Waals surface area contributed by atoms with Crippen molar-refractivity contribution in [2.75, 3.05) is 48.3 Å². The van der Waals surface area contributed by atoms with Crippen molar-refractivity contribution >= 4 is 28.9 Å². The lowest BCUT2D eigenvalue weighted by molar-refractivity contribution is -0.137. The zero-order chi connectivity index (χ0) is 25.7. The second-order valence-corrected chi connectivity index (χ2v) is 8.76. The highest BCUT2D eigenvalue weighted by Crippen LogP contribution is 2.30. The number of carbonyl (C=O) groups excluding carboxylic acids is 2. The number of amides is 2.